The van der Waals surface area contributed by atoms with Gasteiger partial charge in [0.25, 0.3) is 5.91 Å². The summed E-state index contributed by atoms with van der Waals surface area (Å²) < 4.78 is 1.74. The minimum absolute atomic E-state index is 0. The molecule has 1 amide bonds. The number of nitrogens with zero attached hydrogens (tertiary/aromatic N) is 4. The van der Waals surface area contributed by atoms with E-state index in [1.165, 1.54) is 0 Å². The van der Waals surface area contributed by atoms with Crippen LogP contribution in [0.3, 0.4) is 0 Å². The lowest BCUT2D eigenvalue weighted by Crippen LogP contribution is -2.47. The molecule has 1 atom stereocenters. The number of piperidine rings is 1. The van der Waals surface area contributed by atoms with E-state index < -0.39 is 0 Å². The third-order valence-corrected chi connectivity index (χ3v) is 4.99. The highest BCUT2D eigenvalue weighted by Crippen LogP contribution is 2.23. The average Bonchev–Trinajstić information content (AvgIpc) is 3.20. The van der Waals surface area contributed by atoms with E-state index in [0.29, 0.717) is 18.9 Å². The van der Waals surface area contributed by atoms with Crippen molar-refractivity contribution in [3.05, 3.63) is 66.5 Å². The summed E-state index contributed by atoms with van der Waals surface area (Å²) >= 11 is 0. The molecule has 28 heavy (non-hydrogen) atoms. The molecular formula is C21H24ClN5O. The second-order valence-electron chi connectivity index (χ2n) is 6.76. The van der Waals surface area contributed by atoms with E-state index in [9.17, 15) is 4.79 Å². The van der Waals surface area contributed by atoms with E-state index in [1.54, 1.807) is 4.68 Å². The van der Waals surface area contributed by atoms with Gasteiger partial charge in [0.05, 0.1) is 5.69 Å². The molecule has 6 nitrogen and oxygen atoms in total. The average molecular weight is 398 g/mol. The zero-order valence-electron chi connectivity index (χ0n) is 15.6. The second kappa shape index (κ2) is 8.99. The molecule has 1 fully saturated rings. The summed E-state index contributed by atoms with van der Waals surface area (Å²) in [6, 6.07) is 19.6. The van der Waals surface area contributed by atoms with E-state index in [0.717, 1.165) is 30.5 Å². The van der Waals surface area contributed by atoms with Gasteiger partial charge in [0.2, 0.25) is 5.82 Å². The quantitative estimate of drug-likeness (QED) is 0.732. The van der Waals surface area contributed by atoms with Crippen LogP contribution < -0.4 is 5.73 Å². The van der Waals surface area contributed by atoms with Gasteiger partial charge in [-0.2, -0.15) is 0 Å². The molecule has 146 valence electrons. The predicted octanol–water partition coefficient (Wildman–Crippen LogP) is 3.31. The van der Waals surface area contributed by atoms with Crippen molar-refractivity contribution in [2.45, 2.75) is 25.3 Å². The van der Waals surface area contributed by atoms with E-state index in [2.05, 4.69) is 10.1 Å². The van der Waals surface area contributed by atoms with Crippen LogP contribution in [0.1, 0.15) is 29.9 Å². The minimum atomic E-state index is -0.142. The van der Waals surface area contributed by atoms with E-state index in [-0.39, 0.29) is 30.2 Å². The highest BCUT2D eigenvalue weighted by molar-refractivity contribution is 5.91. The number of halogens is 1. The van der Waals surface area contributed by atoms with Crippen LogP contribution in [0, 0.1) is 0 Å². The van der Waals surface area contributed by atoms with Crippen molar-refractivity contribution in [3.8, 4) is 17.1 Å². The topological polar surface area (TPSA) is 77.0 Å². The van der Waals surface area contributed by atoms with Crippen molar-refractivity contribution in [1.29, 1.82) is 0 Å². The SMILES string of the molecule is Cl.NCC1CCCCN1C(=O)c1nc(-c2ccccc2)n(-c2ccccc2)n1. The van der Waals surface area contributed by atoms with Crippen LogP contribution >= 0.6 is 12.4 Å². The maximum atomic E-state index is 13.1. The smallest absolute Gasteiger partial charge is 0.293 e. The Bertz CT molecular complexity index is 856. The van der Waals surface area contributed by atoms with Crippen molar-refractivity contribution in [1.82, 2.24) is 19.7 Å². The number of carbonyl (C=O) groups excluding carboxylic acids is 1. The van der Waals surface area contributed by atoms with Crippen molar-refractivity contribution >= 4 is 18.3 Å². The Morgan fingerprint density at radius 3 is 2.39 bits per heavy atom. The predicted molar refractivity (Wildman–Crippen MR) is 112 cm³/mol. The number of para-hydroxylation sites is 1. The van der Waals surface area contributed by atoms with Gasteiger partial charge in [-0.25, -0.2) is 9.67 Å². The lowest BCUT2D eigenvalue weighted by Gasteiger charge is -2.34. The molecule has 1 aromatic heterocycles. The molecule has 7 heteroatoms. The van der Waals surface area contributed by atoms with Gasteiger partial charge in [0.15, 0.2) is 5.82 Å². The van der Waals surface area contributed by atoms with Crippen molar-refractivity contribution in [2.24, 2.45) is 5.73 Å². The Morgan fingerprint density at radius 1 is 1.04 bits per heavy atom. The lowest BCUT2D eigenvalue weighted by atomic mass is 10.0. The highest BCUT2D eigenvalue weighted by Gasteiger charge is 2.30. The zero-order valence-corrected chi connectivity index (χ0v) is 16.4. The van der Waals surface area contributed by atoms with Crippen LogP contribution in [-0.2, 0) is 0 Å². The fourth-order valence-corrected chi connectivity index (χ4v) is 3.57. The van der Waals surface area contributed by atoms with Gasteiger partial charge in [0.1, 0.15) is 0 Å². The maximum Gasteiger partial charge on any atom is 0.293 e. The Labute approximate surface area is 170 Å². The summed E-state index contributed by atoms with van der Waals surface area (Å²) in [6.07, 6.45) is 3.03. The molecule has 2 heterocycles. The standard InChI is InChI=1S/C21H23N5O.ClH/c22-15-18-13-7-8-14-25(18)21(27)19-23-20(16-9-3-1-4-10-16)26(24-19)17-11-5-2-6-12-17;/h1-6,9-12,18H,7-8,13-15,22H2;1H. The first kappa shape index (κ1) is 20.0. The fraction of sp³-hybridized carbons (Fsp3) is 0.286. The molecule has 4 rings (SSSR count). The maximum absolute atomic E-state index is 13.1. The molecule has 0 saturated carbocycles. The number of benzene rings is 2. The Kier molecular flexibility index (Phi) is 6.44. The largest absolute Gasteiger partial charge is 0.332 e. The van der Waals surface area contributed by atoms with Gasteiger partial charge >= 0.3 is 0 Å². The first-order valence-corrected chi connectivity index (χ1v) is 9.37. The number of hydrogen-bond donors (Lipinski definition) is 1. The Morgan fingerprint density at radius 2 is 1.71 bits per heavy atom. The van der Waals surface area contributed by atoms with Crippen LogP contribution in [-0.4, -0.2) is 44.7 Å². The third kappa shape index (κ3) is 3.93. The van der Waals surface area contributed by atoms with Gasteiger partial charge < -0.3 is 10.6 Å². The molecule has 1 unspecified atom stereocenters. The second-order valence-corrected chi connectivity index (χ2v) is 6.76. The molecule has 0 radical (unpaired) electrons. The number of amides is 1. The Balaban J connectivity index is 0.00000225. The van der Waals surface area contributed by atoms with Gasteiger partial charge in [-0.15, -0.1) is 17.5 Å². The van der Waals surface area contributed by atoms with E-state index in [4.69, 9.17) is 5.73 Å². The molecule has 3 aromatic rings. The third-order valence-electron chi connectivity index (χ3n) is 4.99. The van der Waals surface area contributed by atoms with Gasteiger partial charge in [-0.05, 0) is 31.4 Å². The summed E-state index contributed by atoms with van der Waals surface area (Å²) in [5, 5.41) is 4.57. The Hall–Kier alpha value is -2.70. The molecule has 2 N–H and O–H groups in total. The molecule has 0 spiro atoms. The monoisotopic (exact) mass is 397 g/mol. The number of carbonyl (C=O) groups is 1. The van der Waals surface area contributed by atoms with Crippen molar-refractivity contribution < 1.29 is 4.79 Å². The normalized spacial score (nSPS) is 16.5. The summed E-state index contributed by atoms with van der Waals surface area (Å²) in [4.78, 5) is 19.6. The highest BCUT2D eigenvalue weighted by atomic mass is 35.5. The molecule has 0 aliphatic carbocycles. The van der Waals surface area contributed by atoms with Crippen LogP contribution in [0.5, 0.6) is 0 Å². The first-order valence-electron chi connectivity index (χ1n) is 9.37. The number of rotatable bonds is 4. The van der Waals surface area contributed by atoms with E-state index in [1.807, 2.05) is 65.6 Å². The molecular weight excluding hydrogens is 374 g/mol. The molecule has 1 aliphatic heterocycles. The number of likely N-dealkylation sites (tertiary alicyclic amines) is 1. The van der Waals surface area contributed by atoms with Crippen LogP contribution in [0.25, 0.3) is 17.1 Å². The van der Waals surface area contributed by atoms with Gasteiger partial charge in [-0.1, -0.05) is 48.5 Å². The summed E-state index contributed by atoms with van der Waals surface area (Å²) in [6.45, 7) is 1.18. The summed E-state index contributed by atoms with van der Waals surface area (Å²) in [7, 11) is 0. The van der Waals surface area contributed by atoms with Gasteiger partial charge in [0, 0.05) is 24.7 Å². The molecule has 1 aliphatic rings. The molecule has 2 aromatic carbocycles. The first-order chi connectivity index (χ1) is 13.3. The molecule has 0 bridgehead atoms. The van der Waals surface area contributed by atoms with E-state index >= 15 is 0 Å². The number of aromatic nitrogens is 3. The minimum Gasteiger partial charge on any atom is -0.332 e. The van der Waals surface area contributed by atoms with Crippen LogP contribution in [0.15, 0.2) is 60.7 Å². The zero-order chi connectivity index (χ0) is 18.6. The number of nitrogens with two attached hydrogens (primary N) is 1. The lowest BCUT2D eigenvalue weighted by molar-refractivity contribution is 0.0611. The summed E-state index contributed by atoms with van der Waals surface area (Å²) in [5.41, 5.74) is 7.68. The van der Waals surface area contributed by atoms with Crippen molar-refractivity contribution in [2.75, 3.05) is 13.1 Å². The number of hydrogen-bond acceptors (Lipinski definition) is 4. The van der Waals surface area contributed by atoms with Crippen LogP contribution in [0.4, 0.5) is 0 Å². The van der Waals surface area contributed by atoms with Crippen molar-refractivity contribution in [3.63, 3.8) is 0 Å². The molecule has 1 saturated heterocycles. The fourth-order valence-electron chi connectivity index (χ4n) is 3.57. The van der Waals surface area contributed by atoms with Crippen LogP contribution in [0.2, 0.25) is 0 Å². The summed E-state index contributed by atoms with van der Waals surface area (Å²) in [5.74, 6) is 0.738. The van der Waals surface area contributed by atoms with Gasteiger partial charge in [-0.3, -0.25) is 4.79 Å².